The van der Waals surface area contributed by atoms with E-state index in [0.29, 0.717) is 22.0 Å². The second-order valence-corrected chi connectivity index (χ2v) is 4.30. The number of hydrogen-bond donors (Lipinski definition) is 0. The molecule has 0 amide bonds. The maximum absolute atomic E-state index is 12.2. The second-order valence-electron chi connectivity index (χ2n) is 3.90. The first-order valence-corrected chi connectivity index (χ1v) is 5.80. The van der Waals surface area contributed by atoms with Gasteiger partial charge in [0.15, 0.2) is 0 Å². The summed E-state index contributed by atoms with van der Waals surface area (Å²) in [7, 11) is 1.51. The van der Waals surface area contributed by atoms with Gasteiger partial charge in [-0.2, -0.15) is 0 Å². The van der Waals surface area contributed by atoms with Crippen LogP contribution in [0.3, 0.4) is 0 Å². The molecule has 0 spiro atoms. The fraction of sp³-hybridized carbons (Fsp3) is 0.143. The molecule has 0 saturated heterocycles. The molecule has 2 rings (SSSR count). The molecular formula is C14H12ClNO2. The summed E-state index contributed by atoms with van der Waals surface area (Å²) in [5, 5.41) is 0.478. The first-order chi connectivity index (χ1) is 8.61. The predicted molar refractivity (Wildman–Crippen MR) is 70.4 cm³/mol. The number of pyridine rings is 1. The normalized spacial score (nSPS) is 10.2. The zero-order valence-corrected chi connectivity index (χ0v) is 10.9. The summed E-state index contributed by atoms with van der Waals surface area (Å²) >= 11 is 5.92. The van der Waals surface area contributed by atoms with E-state index in [4.69, 9.17) is 16.3 Å². The summed E-state index contributed by atoms with van der Waals surface area (Å²) in [6.07, 6.45) is 1.62. The van der Waals surface area contributed by atoms with Crippen LogP contribution in [0.2, 0.25) is 5.02 Å². The molecule has 1 aromatic carbocycles. The molecule has 0 aliphatic rings. The fourth-order valence-corrected chi connectivity index (χ4v) is 1.80. The van der Waals surface area contributed by atoms with Crippen molar-refractivity contribution in [1.29, 1.82) is 0 Å². The van der Waals surface area contributed by atoms with Crippen LogP contribution in [0, 0.1) is 6.92 Å². The Labute approximate surface area is 110 Å². The number of carbonyl (C=O) groups is 1. The average Bonchev–Trinajstić information content (AvgIpc) is 2.38. The van der Waals surface area contributed by atoms with E-state index in [9.17, 15) is 4.79 Å². The topological polar surface area (TPSA) is 39.2 Å². The smallest absolute Gasteiger partial charge is 0.211 e. The van der Waals surface area contributed by atoms with Crippen molar-refractivity contribution >= 4 is 17.4 Å². The number of methoxy groups -OCH3 is 1. The molecule has 0 unspecified atom stereocenters. The van der Waals surface area contributed by atoms with Crippen molar-refractivity contribution in [3.8, 4) is 5.75 Å². The first kappa shape index (κ1) is 12.6. The lowest BCUT2D eigenvalue weighted by atomic mass is 10.1. The van der Waals surface area contributed by atoms with E-state index >= 15 is 0 Å². The van der Waals surface area contributed by atoms with Crippen LogP contribution in [0.15, 0.2) is 36.5 Å². The van der Waals surface area contributed by atoms with Gasteiger partial charge >= 0.3 is 0 Å². The zero-order chi connectivity index (χ0) is 13.1. The van der Waals surface area contributed by atoms with E-state index in [1.807, 2.05) is 13.0 Å². The maximum atomic E-state index is 12.2. The van der Waals surface area contributed by atoms with Crippen molar-refractivity contribution in [2.24, 2.45) is 0 Å². The van der Waals surface area contributed by atoms with Crippen LogP contribution in [-0.4, -0.2) is 17.9 Å². The molecule has 2 aromatic rings. The number of aromatic nitrogens is 1. The summed E-state index contributed by atoms with van der Waals surface area (Å²) < 4.78 is 5.09. The molecule has 0 aliphatic heterocycles. The van der Waals surface area contributed by atoms with Gasteiger partial charge in [-0.3, -0.25) is 9.78 Å². The van der Waals surface area contributed by atoms with Gasteiger partial charge in [0.05, 0.1) is 12.1 Å². The maximum Gasteiger partial charge on any atom is 0.211 e. The summed E-state index contributed by atoms with van der Waals surface area (Å²) in [5.41, 5.74) is 1.92. The number of carbonyl (C=O) groups excluding carboxylic acids is 1. The Morgan fingerprint density at radius 2 is 2.06 bits per heavy atom. The van der Waals surface area contributed by atoms with Crippen LogP contribution in [0.1, 0.15) is 21.6 Å². The van der Waals surface area contributed by atoms with Crippen LogP contribution < -0.4 is 4.74 Å². The van der Waals surface area contributed by atoms with E-state index in [1.54, 1.807) is 30.5 Å². The molecule has 0 bridgehead atoms. The van der Waals surface area contributed by atoms with Gasteiger partial charge in [0.1, 0.15) is 11.4 Å². The Morgan fingerprint density at radius 3 is 2.72 bits per heavy atom. The van der Waals surface area contributed by atoms with Gasteiger partial charge in [-0.05, 0) is 42.8 Å². The Morgan fingerprint density at radius 1 is 1.28 bits per heavy atom. The van der Waals surface area contributed by atoms with Gasteiger partial charge in [-0.1, -0.05) is 11.6 Å². The van der Waals surface area contributed by atoms with Crippen molar-refractivity contribution < 1.29 is 9.53 Å². The third-order valence-electron chi connectivity index (χ3n) is 2.56. The van der Waals surface area contributed by atoms with Crippen LogP contribution in [0.4, 0.5) is 0 Å². The Kier molecular flexibility index (Phi) is 3.63. The highest BCUT2D eigenvalue weighted by atomic mass is 35.5. The molecule has 0 radical (unpaired) electrons. The molecule has 0 atom stereocenters. The van der Waals surface area contributed by atoms with Gasteiger partial charge in [0.2, 0.25) is 5.78 Å². The monoisotopic (exact) mass is 261 g/mol. The number of nitrogens with zero attached hydrogens (tertiary/aromatic N) is 1. The highest BCUT2D eigenvalue weighted by Gasteiger charge is 2.12. The van der Waals surface area contributed by atoms with Gasteiger partial charge < -0.3 is 4.74 Å². The molecule has 0 saturated carbocycles. The molecule has 3 nitrogen and oxygen atoms in total. The number of aryl methyl sites for hydroxylation is 1. The third-order valence-corrected chi connectivity index (χ3v) is 2.87. The average molecular weight is 262 g/mol. The van der Waals surface area contributed by atoms with E-state index in [2.05, 4.69) is 4.98 Å². The highest BCUT2D eigenvalue weighted by molar-refractivity contribution is 6.32. The van der Waals surface area contributed by atoms with Gasteiger partial charge in [-0.25, -0.2) is 0 Å². The minimum absolute atomic E-state index is 0.145. The Bertz CT molecular complexity index is 596. The predicted octanol–water partition coefficient (Wildman–Crippen LogP) is 3.28. The summed E-state index contributed by atoms with van der Waals surface area (Å²) in [6, 6.07) is 8.53. The lowest BCUT2D eigenvalue weighted by Gasteiger charge is -2.06. The minimum Gasteiger partial charge on any atom is -0.495 e. The van der Waals surface area contributed by atoms with Crippen molar-refractivity contribution in [3.63, 3.8) is 0 Å². The quantitative estimate of drug-likeness (QED) is 0.796. The zero-order valence-electron chi connectivity index (χ0n) is 10.1. The molecular weight excluding hydrogens is 250 g/mol. The largest absolute Gasteiger partial charge is 0.495 e. The molecule has 4 heteroatoms. The number of rotatable bonds is 3. The fourth-order valence-electron chi connectivity index (χ4n) is 1.61. The third kappa shape index (κ3) is 2.51. The van der Waals surface area contributed by atoms with Gasteiger partial charge in [0, 0.05) is 11.8 Å². The number of benzene rings is 1. The number of ether oxygens (including phenoxy) is 1. The van der Waals surface area contributed by atoms with Crippen LogP contribution in [-0.2, 0) is 0 Å². The minimum atomic E-state index is -0.145. The second kappa shape index (κ2) is 5.19. The SMILES string of the molecule is COc1cc(C(=O)c2cc(C)ccn2)ccc1Cl. The van der Waals surface area contributed by atoms with Crippen LogP contribution in [0.5, 0.6) is 5.75 Å². The van der Waals surface area contributed by atoms with Crippen molar-refractivity contribution in [2.75, 3.05) is 7.11 Å². The number of hydrogen-bond acceptors (Lipinski definition) is 3. The van der Waals surface area contributed by atoms with Crippen LogP contribution >= 0.6 is 11.6 Å². The molecule has 1 heterocycles. The van der Waals surface area contributed by atoms with E-state index in [-0.39, 0.29) is 5.78 Å². The van der Waals surface area contributed by atoms with E-state index in [0.717, 1.165) is 5.56 Å². The van der Waals surface area contributed by atoms with Crippen LogP contribution in [0.25, 0.3) is 0 Å². The van der Waals surface area contributed by atoms with E-state index in [1.165, 1.54) is 7.11 Å². The summed E-state index contributed by atoms with van der Waals surface area (Å²) in [4.78, 5) is 16.3. The molecule has 18 heavy (non-hydrogen) atoms. The highest BCUT2D eigenvalue weighted by Crippen LogP contribution is 2.25. The lowest BCUT2D eigenvalue weighted by molar-refractivity contribution is 0.103. The lowest BCUT2D eigenvalue weighted by Crippen LogP contribution is -2.04. The standard InChI is InChI=1S/C14H12ClNO2/c1-9-5-6-16-12(7-9)14(17)10-3-4-11(15)13(8-10)18-2/h3-8H,1-2H3. The number of halogens is 1. The molecule has 0 fully saturated rings. The van der Waals surface area contributed by atoms with Gasteiger partial charge in [0.25, 0.3) is 0 Å². The Balaban J connectivity index is 2.40. The Hall–Kier alpha value is -1.87. The molecule has 1 aromatic heterocycles. The molecule has 0 N–H and O–H groups in total. The van der Waals surface area contributed by atoms with Crippen molar-refractivity contribution in [3.05, 3.63) is 58.4 Å². The van der Waals surface area contributed by atoms with E-state index < -0.39 is 0 Å². The van der Waals surface area contributed by atoms with Crippen molar-refractivity contribution in [2.45, 2.75) is 6.92 Å². The number of ketones is 1. The summed E-state index contributed by atoms with van der Waals surface area (Å²) in [6.45, 7) is 1.92. The van der Waals surface area contributed by atoms with Crippen molar-refractivity contribution in [1.82, 2.24) is 4.98 Å². The summed E-state index contributed by atoms with van der Waals surface area (Å²) in [5.74, 6) is 0.337. The molecule has 0 aliphatic carbocycles. The van der Waals surface area contributed by atoms with Gasteiger partial charge in [-0.15, -0.1) is 0 Å². The first-order valence-electron chi connectivity index (χ1n) is 5.42. The molecule has 92 valence electrons.